The minimum atomic E-state index is -1.02. The van der Waals surface area contributed by atoms with Gasteiger partial charge in [0.05, 0.1) is 6.57 Å². The highest BCUT2D eigenvalue weighted by molar-refractivity contribution is 7.81. The highest BCUT2D eigenvalue weighted by Crippen LogP contribution is 2.38. The molecule has 2 amide bonds. The first-order chi connectivity index (χ1) is 17.1. The van der Waals surface area contributed by atoms with Crippen LogP contribution in [0.15, 0.2) is 36.4 Å². The van der Waals surface area contributed by atoms with E-state index in [9.17, 15) is 9.59 Å². The van der Waals surface area contributed by atoms with Gasteiger partial charge in [-0.15, -0.1) is 0 Å². The van der Waals surface area contributed by atoms with Gasteiger partial charge in [0.1, 0.15) is 11.4 Å². The van der Waals surface area contributed by atoms with E-state index in [4.69, 9.17) is 18.8 Å². The van der Waals surface area contributed by atoms with E-state index >= 15 is 4.39 Å². The molecule has 0 aliphatic carbocycles. The number of benzene rings is 2. The minimum Gasteiger partial charge on any atom is -0.343 e. The number of carbonyl (C=O) groups is 2. The van der Waals surface area contributed by atoms with Crippen LogP contribution in [0, 0.1) is 19.3 Å². The number of carbonyl (C=O) groups excluding carboxylic acids is 2. The summed E-state index contributed by atoms with van der Waals surface area (Å²) in [4.78, 5) is 34.3. The van der Waals surface area contributed by atoms with Crippen LogP contribution in [0.4, 0.5) is 21.5 Å². The van der Waals surface area contributed by atoms with E-state index in [0.717, 1.165) is 31.5 Å². The molecule has 188 valence electrons. The van der Waals surface area contributed by atoms with Gasteiger partial charge in [0, 0.05) is 30.9 Å². The molecule has 0 aromatic heterocycles. The molecule has 2 aliphatic heterocycles. The molecule has 8 heteroatoms. The molecule has 2 aromatic rings. The Bertz CT molecular complexity index is 1250. The van der Waals surface area contributed by atoms with Crippen molar-refractivity contribution >= 4 is 46.2 Å². The van der Waals surface area contributed by atoms with Gasteiger partial charge >= 0.3 is 0 Å². The Kier molecular flexibility index (Phi) is 7.41. The van der Waals surface area contributed by atoms with Gasteiger partial charge in [0.25, 0.3) is 5.91 Å². The Morgan fingerprint density at radius 1 is 1.11 bits per heavy atom. The number of halogens is 1. The van der Waals surface area contributed by atoms with Crippen LogP contribution in [-0.2, 0) is 16.0 Å². The van der Waals surface area contributed by atoms with Gasteiger partial charge in [-0.2, -0.15) is 0 Å². The van der Waals surface area contributed by atoms with Gasteiger partial charge in [-0.1, -0.05) is 12.1 Å². The zero-order valence-electron chi connectivity index (χ0n) is 21.0. The molecule has 0 atom stereocenters. The fourth-order valence-corrected chi connectivity index (χ4v) is 5.49. The lowest BCUT2D eigenvalue weighted by Gasteiger charge is -2.29. The maximum atomic E-state index is 15.1. The van der Waals surface area contributed by atoms with E-state index in [2.05, 4.69) is 4.85 Å². The summed E-state index contributed by atoms with van der Waals surface area (Å²) in [7, 11) is 0. The number of nitrogens with zero attached hydrogens (tertiary/aromatic N) is 4. The Morgan fingerprint density at radius 3 is 2.44 bits per heavy atom. The first-order valence-corrected chi connectivity index (χ1v) is 12.8. The lowest BCUT2D eigenvalue weighted by molar-refractivity contribution is -0.132. The molecular weight excluding hydrogens is 475 g/mol. The molecule has 4 rings (SSSR count). The molecule has 6 nitrogen and oxygen atoms in total. The van der Waals surface area contributed by atoms with Gasteiger partial charge in [-0.05, 0) is 100 Å². The standard InChI is InChI=1S/C28H31FN4O2S/c1-19-17-21(13-14-24(19)30-4)32-26(35)28(2,3)33(27(32)36)22-12-11-20(23(29)18-22)9-8-10-25(34)31-15-6-5-7-16-31/h11-14,17-18H,5-10,15-16H2,1-3H3. The third-order valence-electron chi connectivity index (χ3n) is 7.07. The number of piperidine rings is 1. The first kappa shape index (κ1) is 25.8. The summed E-state index contributed by atoms with van der Waals surface area (Å²) >= 11 is 5.70. The third-order valence-corrected chi connectivity index (χ3v) is 7.43. The Labute approximate surface area is 217 Å². The van der Waals surface area contributed by atoms with Gasteiger partial charge in [-0.3, -0.25) is 14.5 Å². The molecule has 0 unspecified atom stereocenters. The second-order valence-corrected chi connectivity index (χ2v) is 10.3. The number of anilines is 2. The van der Waals surface area contributed by atoms with Crippen molar-refractivity contribution in [1.82, 2.24) is 4.90 Å². The molecular formula is C28H31FN4O2S. The fraction of sp³-hybridized carbons (Fsp3) is 0.429. The second-order valence-electron chi connectivity index (χ2n) is 9.97. The van der Waals surface area contributed by atoms with Crippen molar-refractivity contribution in [2.24, 2.45) is 0 Å². The normalized spacial score (nSPS) is 17.5. The van der Waals surface area contributed by atoms with E-state index in [1.807, 2.05) is 11.8 Å². The predicted octanol–water partition coefficient (Wildman–Crippen LogP) is 5.94. The Morgan fingerprint density at radius 2 is 1.81 bits per heavy atom. The van der Waals surface area contributed by atoms with E-state index in [-0.39, 0.29) is 22.7 Å². The molecule has 2 saturated heterocycles. The molecule has 2 heterocycles. The minimum absolute atomic E-state index is 0.147. The first-order valence-electron chi connectivity index (χ1n) is 12.4. The summed E-state index contributed by atoms with van der Waals surface area (Å²) in [5.41, 5.74) is 1.88. The van der Waals surface area contributed by atoms with Crippen molar-refractivity contribution in [2.75, 3.05) is 22.9 Å². The number of likely N-dealkylation sites (tertiary alicyclic amines) is 1. The molecule has 2 aliphatic rings. The smallest absolute Gasteiger partial charge is 0.259 e. The van der Waals surface area contributed by atoms with E-state index in [1.165, 1.54) is 17.4 Å². The van der Waals surface area contributed by atoms with Crippen LogP contribution in [0.5, 0.6) is 0 Å². The molecule has 0 saturated carbocycles. The van der Waals surface area contributed by atoms with Crippen LogP contribution in [0.25, 0.3) is 4.85 Å². The zero-order valence-corrected chi connectivity index (χ0v) is 21.8. The van der Waals surface area contributed by atoms with Crippen molar-refractivity contribution in [2.45, 2.75) is 64.8 Å². The molecule has 2 fully saturated rings. The maximum Gasteiger partial charge on any atom is 0.259 e. The van der Waals surface area contributed by atoms with Crippen LogP contribution in [0.1, 0.15) is 57.1 Å². The average Bonchev–Trinajstić information content (AvgIpc) is 3.03. The van der Waals surface area contributed by atoms with Crippen LogP contribution in [-0.4, -0.2) is 40.5 Å². The quantitative estimate of drug-likeness (QED) is 0.360. The summed E-state index contributed by atoms with van der Waals surface area (Å²) in [6.07, 6.45) is 4.77. The largest absolute Gasteiger partial charge is 0.343 e. The highest BCUT2D eigenvalue weighted by atomic mass is 32.1. The fourth-order valence-electron chi connectivity index (χ4n) is 4.97. The predicted molar refractivity (Wildman–Crippen MR) is 144 cm³/mol. The van der Waals surface area contributed by atoms with Crippen molar-refractivity contribution < 1.29 is 14.0 Å². The number of amides is 2. The topological polar surface area (TPSA) is 48.2 Å². The zero-order chi connectivity index (χ0) is 26.0. The Hall–Kier alpha value is -3.31. The van der Waals surface area contributed by atoms with E-state index < -0.39 is 5.54 Å². The molecule has 2 aromatic carbocycles. The number of aryl methyl sites for hydroxylation is 2. The summed E-state index contributed by atoms with van der Waals surface area (Å²) in [6, 6.07) is 10.1. The summed E-state index contributed by atoms with van der Waals surface area (Å²) in [5.74, 6) is -0.447. The van der Waals surface area contributed by atoms with Crippen molar-refractivity contribution in [3.8, 4) is 0 Å². The molecule has 0 N–H and O–H groups in total. The van der Waals surface area contributed by atoms with Crippen molar-refractivity contribution in [3.63, 3.8) is 0 Å². The second kappa shape index (κ2) is 10.4. The van der Waals surface area contributed by atoms with Crippen LogP contribution in [0.2, 0.25) is 0 Å². The van der Waals surface area contributed by atoms with Gasteiger partial charge < -0.3 is 9.80 Å². The van der Waals surface area contributed by atoms with Crippen molar-refractivity contribution in [3.05, 3.63) is 64.8 Å². The molecule has 36 heavy (non-hydrogen) atoms. The van der Waals surface area contributed by atoms with E-state index in [1.54, 1.807) is 49.1 Å². The van der Waals surface area contributed by atoms with Crippen LogP contribution < -0.4 is 9.80 Å². The summed E-state index contributed by atoms with van der Waals surface area (Å²) in [5, 5.41) is 0.263. The SMILES string of the molecule is [C-]#[N+]c1ccc(N2C(=O)C(C)(C)N(c3ccc(CCCC(=O)N4CCCCC4)c(F)c3)C2=S)cc1C. The Balaban J connectivity index is 1.49. The molecule has 0 radical (unpaired) electrons. The summed E-state index contributed by atoms with van der Waals surface area (Å²) < 4.78 is 15.1. The molecule has 0 spiro atoms. The van der Waals surface area contributed by atoms with Gasteiger partial charge in [0.2, 0.25) is 5.91 Å². The monoisotopic (exact) mass is 506 g/mol. The van der Waals surface area contributed by atoms with Crippen LogP contribution in [0.3, 0.4) is 0 Å². The van der Waals surface area contributed by atoms with Gasteiger partial charge in [-0.25, -0.2) is 9.24 Å². The summed E-state index contributed by atoms with van der Waals surface area (Å²) in [6.45, 7) is 14.3. The number of hydrogen-bond donors (Lipinski definition) is 0. The number of hydrogen-bond acceptors (Lipinski definition) is 3. The lowest BCUT2D eigenvalue weighted by Crippen LogP contribution is -2.44. The highest BCUT2D eigenvalue weighted by Gasteiger charge is 2.50. The average molecular weight is 507 g/mol. The van der Waals surface area contributed by atoms with Gasteiger partial charge in [0.15, 0.2) is 10.8 Å². The molecule has 0 bridgehead atoms. The number of thiocarbonyl (C=S) groups is 1. The maximum absolute atomic E-state index is 15.1. The van der Waals surface area contributed by atoms with Crippen molar-refractivity contribution in [1.29, 1.82) is 0 Å². The lowest BCUT2D eigenvalue weighted by atomic mass is 10.0. The number of rotatable bonds is 6. The van der Waals surface area contributed by atoms with E-state index in [0.29, 0.717) is 41.9 Å². The van der Waals surface area contributed by atoms with Crippen LogP contribution >= 0.6 is 12.2 Å². The third kappa shape index (κ3) is 4.85.